The van der Waals surface area contributed by atoms with Gasteiger partial charge >= 0.3 is 0 Å². The van der Waals surface area contributed by atoms with Crippen LogP contribution in [0.5, 0.6) is 0 Å². The third-order valence-electron chi connectivity index (χ3n) is 3.12. The van der Waals surface area contributed by atoms with Gasteiger partial charge in [0.2, 0.25) is 10.0 Å². The molecule has 19 heavy (non-hydrogen) atoms. The van der Waals surface area contributed by atoms with E-state index in [1.165, 1.54) is 18.2 Å². The van der Waals surface area contributed by atoms with Crippen LogP contribution in [-0.2, 0) is 10.0 Å². The summed E-state index contributed by atoms with van der Waals surface area (Å²) in [5, 5.41) is 9.45. The fraction of sp³-hybridized carbons (Fsp3) is 0.500. The molecule has 4 nitrogen and oxygen atoms in total. The molecular formula is C12H15Cl2NO3S. The first-order chi connectivity index (χ1) is 8.94. The molecule has 2 N–H and O–H groups in total. The number of aliphatic hydroxyl groups is 1. The van der Waals surface area contributed by atoms with E-state index in [0.717, 1.165) is 12.8 Å². The predicted octanol–water partition coefficient (Wildman–Crippen LogP) is 2.43. The van der Waals surface area contributed by atoms with Crippen LogP contribution < -0.4 is 4.72 Å². The molecule has 1 aromatic carbocycles. The van der Waals surface area contributed by atoms with E-state index in [4.69, 9.17) is 28.3 Å². The zero-order chi connectivity index (χ0) is 14.0. The normalized spacial score (nSPS) is 17.4. The molecular weight excluding hydrogens is 309 g/mol. The van der Waals surface area contributed by atoms with Gasteiger partial charge in [0, 0.05) is 17.7 Å². The zero-order valence-electron chi connectivity index (χ0n) is 10.1. The van der Waals surface area contributed by atoms with Gasteiger partial charge in [-0.15, -0.1) is 0 Å². The molecule has 1 saturated carbocycles. The Morgan fingerprint density at radius 1 is 1.37 bits per heavy atom. The molecule has 1 fully saturated rings. The minimum atomic E-state index is -3.72. The van der Waals surface area contributed by atoms with Gasteiger partial charge in [0.15, 0.2) is 0 Å². The number of hydrogen-bond donors (Lipinski definition) is 2. The van der Waals surface area contributed by atoms with Crippen LogP contribution in [0.15, 0.2) is 23.1 Å². The molecule has 0 saturated heterocycles. The van der Waals surface area contributed by atoms with Gasteiger partial charge < -0.3 is 5.11 Å². The summed E-state index contributed by atoms with van der Waals surface area (Å²) in [6, 6.07) is 4.07. The van der Waals surface area contributed by atoms with Crippen molar-refractivity contribution in [2.24, 2.45) is 5.92 Å². The Morgan fingerprint density at radius 2 is 2.05 bits per heavy atom. The van der Waals surface area contributed by atoms with Crippen molar-refractivity contribution in [1.82, 2.24) is 4.72 Å². The minimum Gasteiger partial charge on any atom is -0.396 e. The average molecular weight is 324 g/mol. The molecule has 1 aliphatic carbocycles. The topological polar surface area (TPSA) is 66.4 Å². The number of nitrogens with one attached hydrogen (secondary N) is 1. The molecule has 0 amide bonds. The van der Waals surface area contributed by atoms with Gasteiger partial charge in [0.05, 0.1) is 5.02 Å². The van der Waals surface area contributed by atoms with E-state index in [1.807, 2.05) is 0 Å². The molecule has 1 aromatic rings. The Bertz CT molecular complexity index is 558. The monoisotopic (exact) mass is 323 g/mol. The molecule has 7 heteroatoms. The number of benzene rings is 1. The molecule has 0 heterocycles. The fourth-order valence-corrected chi connectivity index (χ4v) is 4.08. The number of hydrogen-bond acceptors (Lipinski definition) is 3. The van der Waals surface area contributed by atoms with Crippen LogP contribution >= 0.6 is 23.2 Å². The summed E-state index contributed by atoms with van der Waals surface area (Å²) in [7, 11) is -3.72. The second kappa shape index (κ2) is 5.97. The maximum Gasteiger partial charge on any atom is 0.242 e. The first-order valence-electron chi connectivity index (χ1n) is 6.02. The highest BCUT2D eigenvalue weighted by atomic mass is 35.5. The van der Waals surface area contributed by atoms with Crippen LogP contribution in [0.25, 0.3) is 0 Å². The fourth-order valence-electron chi connectivity index (χ4n) is 1.97. The minimum absolute atomic E-state index is 0.0229. The maximum absolute atomic E-state index is 12.3. The summed E-state index contributed by atoms with van der Waals surface area (Å²) in [5.74, 6) is 0.305. The van der Waals surface area contributed by atoms with E-state index in [2.05, 4.69) is 4.72 Å². The van der Waals surface area contributed by atoms with Crippen molar-refractivity contribution < 1.29 is 13.5 Å². The van der Waals surface area contributed by atoms with E-state index < -0.39 is 10.0 Å². The SMILES string of the molecule is O=S(=O)(NC(CCO)C1CC1)c1cc(Cl)ccc1Cl. The summed E-state index contributed by atoms with van der Waals surface area (Å²) in [6.07, 6.45) is 2.37. The van der Waals surface area contributed by atoms with Gasteiger partial charge in [-0.2, -0.15) is 0 Å². The van der Waals surface area contributed by atoms with Crippen LogP contribution in [0.1, 0.15) is 19.3 Å². The van der Waals surface area contributed by atoms with Crippen molar-refractivity contribution in [3.63, 3.8) is 0 Å². The van der Waals surface area contributed by atoms with Gasteiger partial charge in [-0.1, -0.05) is 23.2 Å². The lowest BCUT2D eigenvalue weighted by Gasteiger charge is -2.17. The van der Waals surface area contributed by atoms with E-state index in [0.29, 0.717) is 17.4 Å². The third kappa shape index (κ3) is 3.83. The highest BCUT2D eigenvalue weighted by Gasteiger charge is 2.34. The van der Waals surface area contributed by atoms with Crippen LogP contribution in [0.4, 0.5) is 0 Å². The maximum atomic E-state index is 12.3. The Hall–Kier alpha value is -0.330. The highest BCUT2D eigenvalue weighted by molar-refractivity contribution is 7.89. The molecule has 0 radical (unpaired) electrons. The van der Waals surface area contributed by atoms with Crippen LogP contribution in [0, 0.1) is 5.92 Å². The number of halogens is 2. The van der Waals surface area contributed by atoms with Crippen LogP contribution in [0.2, 0.25) is 10.0 Å². The number of sulfonamides is 1. The van der Waals surface area contributed by atoms with E-state index >= 15 is 0 Å². The second-order valence-corrected chi connectivity index (χ2v) is 7.18. The first kappa shape index (κ1) is 15.1. The molecule has 2 rings (SSSR count). The standard InChI is InChI=1S/C12H15Cl2NO3S/c13-9-3-4-10(14)12(7-9)19(17,18)15-11(5-6-16)8-1-2-8/h3-4,7-8,11,15-16H,1-2,5-6H2. The summed E-state index contributed by atoms with van der Waals surface area (Å²) in [4.78, 5) is -0.0229. The smallest absolute Gasteiger partial charge is 0.242 e. The van der Waals surface area contributed by atoms with Gasteiger partial charge in [0.25, 0.3) is 0 Å². The molecule has 1 atom stereocenters. The van der Waals surface area contributed by atoms with Crippen molar-refractivity contribution in [2.75, 3.05) is 6.61 Å². The molecule has 106 valence electrons. The molecule has 0 spiro atoms. The Balaban J connectivity index is 2.23. The van der Waals surface area contributed by atoms with Crippen molar-refractivity contribution in [1.29, 1.82) is 0 Å². The second-order valence-electron chi connectivity index (χ2n) is 4.65. The quantitative estimate of drug-likeness (QED) is 0.845. The van der Waals surface area contributed by atoms with E-state index in [9.17, 15) is 8.42 Å². The predicted molar refractivity (Wildman–Crippen MR) is 75.0 cm³/mol. The third-order valence-corrected chi connectivity index (χ3v) is 5.33. The van der Waals surface area contributed by atoms with Crippen LogP contribution in [0.3, 0.4) is 0 Å². The Kier molecular flexibility index (Phi) is 4.74. The lowest BCUT2D eigenvalue weighted by molar-refractivity contribution is 0.265. The zero-order valence-corrected chi connectivity index (χ0v) is 12.5. The van der Waals surface area contributed by atoms with Crippen molar-refractivity contribution in [3.8, 4) is 0 Å². The molecule has 1 aliphatic rings. The molecule has 1 unspecified atom stereocenters. The van der Waals surface area contributed by atoms with Crippen molar-refractivity contribution in [3.05, 3.63) is 28.2 Å². The summed E-state index contributed by atoms with van der Waals surface area (Å²) in [6.45, 7) is -0.0486. The van der Waals surface area contributed by atoms with Gasteiger partial charge in [-0.3, -0.25) is 0 Å². The molecule has 0 bridgehead atoms. The van der Waals surface area contributed by atoms with E-state index in [-0.39, 0.29) is 22.6 Å². The number of rotatable bonds is 6. The first-order valence-corrected chi connectivity index (χ1v) is 8.26. The molecule has 0 aromatic heterocycles. The lowest BCUT2D eigenvalue weighted by Crippen LogP contribution is -2.37. The van der Waals surface area contributed by atoms with Gasteiger partial charge in [-0.05, 0) is 43.4 Å². The summed E-state index contributed by atoms with van der Waals surface area (Å²) in [5.41, 5.74) is 0. The van der Waals surface area contributed by atoms with Crippen LogP contribution in [-0.4, -0.2) is 26.2 Å². The van der Waals surface area contributed by atoms with Gasteiger partial charge in [0.1, 0.15) is 4.90 Å². The van der Waals surface area contributed by atoms with Gasteiger partial charge in [-0.25, -0.2) is 13.1 Å². The highest BCUT2D eigenvalue weighted by Crippen LogP contribution is 2.35. The average Bonchev–Trinajstić information content (AvgIpc) is 3.15. The van der Waals surface area contributed by atoms with Crippen molar-refractivity contribution in [2.45, 2.75) is 30.2 Å². The Labute approximate surface area is 122 Å². The summed E-state index contributed by atoms with van der Waals surface area (Å²) < 4.78 is 27.2. The largest absolute Gasteiger partial charge is 0.396 e. The number of aliphatic hydroxyl groups excluding tert-OH is 1. The lowest BCUT2D eigenvalue weighted by atomic mass is 10.1. The summed E-state index contributed by atoms with van der Waals surface area (Å²) >= 11 is 11.7. The Morgan fingerprint density at radius 3 is 2.63 bits per heavy atom. The molecule has 0 aliphatic heterocycles. The van der Waals surface area contributed by atoms with E-state index in [1.54, 1.807) is 0 Å². The van der Waals surface area contributed by atoms with Crippen molar-refractivity contribution >= 4 is 33.2 Å².